The summed E-state index contributed by atoms with van der Waals surface area (Å²) in [4.78, 5) is 39.9. The van der Waals surface area contributed by atoms with E-state index in [1.807, 2.05) is 23.1 Å². The molecule has 31 heavy (non-hydrogen) atoms. The Morgan fingerprint density at radius 3 is 2.58 bits per heavy atom. The number of ether oxygens (including phenoxy) is 2. The van der Waals surface area contributed by atoms with Crippen LogP contribution in [0, 0.1) is 11.8 Å². The monoisotopic (exact) mass is 421 g/mol. The molecule has 1 amide bonds. The van der Waals surface area contributed by atoms with Gasteiger partial charge in [-0.05, 0) is 48.6 Å². The van der Waals surface area contributed by atoms with Crippen LogP contribution in [0.1, 0.15) is 47.2 Å². The van der Waals surface area contributed by atoms with Crippen LogP contribution in [0.5, 0.6) is 0 Å². The van der Waals surface area contributed by atoms with Crippen LogP contribution in [0.4, 0.5) is 5.69 Å². The van der Waals surface area contributed by atoms with E-state index in [2.05, 4.69) is 6.07 Å². The summed E-state index contributed by atoms with van der Waals surface area (Å²) >= 11 is 0. The average molecular weight is 421 g/mol. The van der Waals surface area contributed by atoms with E-state index in [0.717, 1.165) is 24.9 Å². The number of methoxy groups -OCH3 is 1. The second kappa shape index (κ2) is 9.33. The van der Waals surface area contributed by atoms with Gasteiger partial charge in [0.1, 0.15) is 6.61 Å². The van der Waals surface area contributed by atoms with Crippen LogP contribution in [-0.2, 0) is 32.1 Å². The van der Waals surface area contributed by atoms with E-state index in [4.69, 9.17) is 9.47 Å². The molecule has 1 fully saturated rings. The fourth-order valence-electron chi connectivity index (χ4n) is 4.64. The number of hydrogen-bond acceptors (Lipinski definition) is 5. The molecule has 162 valence electrons. The maximum absolute atomic E-state index is 13.4. The van der Waals surface area contributed by atoms with Gasteiger partial charge in [-0.3, -0.25) is 9.59 Å². The molecule has 2 aliphatic rings. The van der Waals surface area contributed by atoms with Crippen LogP contribution in [0.2, 0.25) is 0 Å². The van der Waals surface area contributed by atoms with E-state index in [9.17, 15) is 14.4 Å². The molecule has 0 N–H and O–H groups in total. The van der Waals surface area contributed by atoms with Gasteiger partial charge in [-0.15, -0.1) is 0 Å². The largest absolute Gasteiger partial charge is 0.465 e. The zero-order valence-corrected chi connectivity index (χ0v) is 17.7. The van der Waals surface area contributed by atoms with Crippen LogP contribution < -0.4 is 4.90 Å². The van der Waals surface area contributed by atoms with Crippen molar-refractivity contribution >= 4 is 23.5 Å². The van der Waals surface area contributed by atoms with Crippen molar-refractivity contribution in [2.24, 2.45) is 11.8 Å². The smallest absolute Gasteiger partial charge is 0.337 e. The molecule has 0 aromatic heterocycles. The normalized spacial score (nSPS) is 20.1. The van der Waals surface area contributed by atoms with Gasteiger partial charge in [0, 0.05) is 12.2 Å². The summed E-state index contributed by atoms with van der Waals surface area (Å²) in [5.74, 6) is -1.53. The molecule has 2 atom stereocenters. The van der Waals surface area contributed by atoms with Gasteiger partial charge in [0.2, 0.25) is 5.91 Å². The summed E-state index contributed by atoms with van der Waals surface area (Å²) in [7, 11) is 1.33. The molecule has 0 bridgehead atoms. The third-order valence-corrected chi connectivity index (χ3v) is 6.27. The molecule has 1 aliphatic heterocycles. The van der Waals surface area contributed by atoms with Crippen molar-refractivity contribution in [3.8, 4) is 0 Å². The number of nitrogens with zero attached hydrogens (tertiary/aromatic N) is 1. The number of fused-ring (bicyclic) bond motifs is 1. The van der Waals surface area contributed by atoms with E-state index in [0.29, 0.717) is 30.5 Å². The molecule has 0 saturated heterocycles. The van der Waals surface area contributed by atoms with E-state index in [-0.39, 0.29) is 24.4 Å². The van der Waals surface area contributed by atoms with Gasteiger partial charge in [-0.25, -0.2) is 4.79 Å². The van der Waals surface area contributed by atoms with Crippen molar-refractivity contribution in [3.05, 3.63) is 65.2 Å². The molecule has 1 heterocycles. The first-order chi connectivity index (χ1) is 15.1. The molecular formula is C25H27NO5. The molecule has 6 nitrogen and oxygen atoms in total. The van der Waals surface area contributed by atoms with Crippen molar-refractivity contribution in [1.29, 1.82) is 0 Å². The number of esters is 2. The van der Waals surface area contributed by atoms with Crippen LogP contribution in [0.25, 0.3) is 0 Å². The topological polar surface area (TPSA) is 72.9 Å². The van der Waals surface area contributed by atoms with Gasteiger partial charge in [-0.1, -0.05) is 43.2 Å². The zero-order chi connectivity index (χ0) is 21.8. The highest BCUT2D eigenvalue weighted by Crippen LogP contribution is 2.36. The van der Waals surface area contributed by atoms with Gasteiger partial charge in [0.25, 0.3) is 0 Å². The third kappa shape index (κ3) is 4.48. The highest BCUT2D eigenvalue weighted by Gasteiger charge is 2.40. The van der Waals surface area contributed by atoms with E-state index in [1.165, 1.54) is 12.7 Å². The summed E-state index contributed by atoms with van der Waals surface area (Å²) in [5.41, 5.74) is 3.26. The molecule has 2 unspecified atom stereocenters. The lowest BCUT2D eigenvalue weighted by atomic mass is 9.78. The number of hydrogen-bond donors (Lipinski definition) is 0. The second-order valence-electron chi connectivity index (χ2n) is 8.17. The first-order valence-corrected chi connectivity index (χ1v) is 10.8. The standard InChI is InChI=1S/C25H27NO5/c1-30-24(28)19-9-6-7-17(15-19)16-31-25(29)21-11-4-3-10-20(21)23(27)26-14-13-18-8-2-5-12-22(18)26/h2,5-9,12,15,20-21H,3-4,10-11,13-14,16H2,1H3. The number of amides is 1. The van der Waals surface area contributed by atoms with Gasteiger partial charge < -0.3 is 14.4 Å². The number of carbonyl (C=O) groups excluding carboxylic acids is 3. The zero-order valence-electron chi connectivity index (χ0n) is 17.7. The van der Waals surface area contributed by atoms with Gasteiger partial charge in [-0.2, -0.15) is 0 Å². The second-order valence-corrected chi connectivity index (χ2v) is 8.17. The summed E-state index contributed by atoms with van der Waals surface area (Å²) in [5, 5.41) is 0. The maximum atomic E-state index is 13.4. The Hall–Kier alpha value is -3.15. The number of anilines is 1. The quantitative estimate of drug-likeness (QED) is 0.685. The minimum atomic E-state index is -0.433. The minimum Gasteiger partial charge on any atom is -0.465 e. The molecule has 1 saturated carbocycles. The molecule has 0 radical (unpaired) electrons. The van der Waals surface area contributed by atoms with Crippen LogP contribution in [0.3, 0.4) is 0 Å². The number of carbonyl (C=O) groups is 3. The van der Waals surface area contributed by atoms with Gasteiger partial charge >= 0.3 is 11.9 Å². The van der Waals surface area contributed by atoms with Crippen molar-refractivity contribution in [1.82, 2.24) is 0 Å². The molecule has 1 aliphatic carbocycles. The molecule has 0 spiro atoms. The molecule has 2 aromatic carbocycles. The summed E-state index contributed by atoms with van der Waals surface area (Å²) < 4.78 is 10.3. The predicted octanol–water partition coefficient (Wildman–Crippen LogP) is 3.91. The summed E-state index contributed by atoms with van der Waals surface area (Å²) in [6.45, 7) is 0.727. The van der Waals surface area contributed by atoms with Gasteiger partial charge in [0.15, 0.2) is 0 Å². The van der Waals surface area contributed by atoms with Crippen molar-refractivity contribution in [3.63, 3.8) is 0 Å². The fourth-order valence-corrected chi connectivity index (χ4v) is 4.64. The first kappa shape index (κ1) is 21.1. The van der Waals surface area contributed by atoms with Crippen LogP contribution in [-0.4, -0.2) is 31.5 Å². The highest BCUT2D eigenvalue weighted by atomic mass is 16.5. The number of benzene rings is 2. The van der Waals surface area contributed by atoms with Crippen molar-refractivity contribution < 1.29 is 23.9 Å². The average Bonchev–Trinajstić information content (AvgIpc) is 3.26. The van der Waals surface area contributed by atoms with Crippen LogP contribution >= 0.6 is 0 Å². The predicted molar refractivity (Wildman–Crippen MR) is 116 cm³/mol. The lowest BCUT2D eigenvalue weighted by molar-refractivity contribution is -0.155. The maximum Gasteiger partial charge on any atom is 0.337 e. The summed E-state index contributed by atoms with van der Waals surface area (Å²) in [6.07, 6.45) is 4.07. The summed E-state index contributed by atoms with van der Waals surface area (Å²) in [6, 6.07) is 14.8. The number of para-hydroxylation sites is 1. The van der Waals surface area contributed by atoms with Crippen LogP contribution in [0.15, 0.2) is 48.5 Å². The highest BCUT2D eigenvalue weighted by molar-refractivity contribution is 5.99. The Labute approximate surface area is 182 Å². The minimum absolute atomic E-state index is 0.0271. The molecule has 4 rings (SSSR count). The molecule has 6 heteroatoms. The molecular weight excluding hydrogens is 394 g/mol. The van der Waals surface area contributed by atoms with Crippen molar-refractivity contribution in [2.45, 2.75) is 38.7 Å². The Morgan fingerprint density at radius 2 is 1.77 bits per heavy atom. The van der Waals surface area contributed by atoms with Gasteiger partial charge in [0.05, 0.1) is 24.5 Å². The SMILES string of the molecule is COC(=O)c1cccc(COC(=O)C2CCCCC2C(=O)N2CCc3ccccc32)c1. The Morgan fingerprint density at radius 1 is 1.00 bits per heavy atom. The molecule has 2 aromatic rings. The Kier molecular flexibility index (Phi) is 6.35. The van der Waals surface area contributed by atoms with E-state index >= 15 is 0 Å². The fraction of sp³-hybridized carbons (Fsp3) is 0.400. The first-order valence-electron chi connectivity index (χ1n) is 10.8. The number of rotatable bonds is 5. The van der Waals surface area contributed by atoms with E-state index < -0.39 is 11.9 Å². The third-order valence-electron chi connectivity index (χ3n) is 6.27. The Bertz CT molecular complexity index is 985. The lowest BCUT2D eigenvalue weighted by Gasteiger charge is -2.32. The Balaban J connectivity index is 1.43. The lowest BCUT2D eigenvalue weighted by Crippen LogP contribution is -2.42. The van der Waals surface area contributed by atoms with Crippen molar-refractivity contribution in [2.75, 3.05) is 18.6 Å². The van der Waals surface area contributed by atoms with E-state index in [1.54, 1.807) is 24.3 Å².